The Labute approximate surface area is 166 Å². The number of rotatable bonds is 7. The lowest BCUT2D eigenvalue weighted by Gasteiger charge is -2.46. The highest BCUT2D eigenvalue weighted by Gasteiger charge is 2.53. The molecule has 1 aromatic carbocycles. The number of benzene rings is 1. The third kappa shape index (κ3) is 4.05. The standard InChI is InChI=1S/C16H18FN3O8S/c1-7-5-10(22)20(7)13(15(25)26)16(2,29(27)28)6-18-19-14(24)8-3-4-9(21)12(23)11(8)17/h3-4,6-7,13,21,23H,5H2,1-2H3,(H,19,24)(H,25,26)(H,27,28)/b18-6+/t7-,13+,16+/m1/s1. The van der Waals surface area contributed by atoms with Gasteiger partial charge < -0.3 is 24.8 Å². The molecule has 29 heavy (non-hydrogen) atoms. The fourth-order valence-electron chi connectivity index (χ4n) is 2.85. The average Bonchev–Trinajstić information content (AvgIpc) is 2.63. The van der Waals surface area contributed by atoms with E-state index in [9.17, 15) is 42.9 Å². The number of hydrogen-bond acceptors (Lipinski definition) is 7. The van der Waals surface area contributed by atoms with Crippen LogP contribution in [0.1, 0.15) is 30.6 Å². The first-order valence-corrected chi connectivity index (χ1v) is 9.22. The highest BCUT2D eigenvalue weighted by Crippen LogP contribution is 2.31. The minimum atomic E-state index is -2.83. The normalized spacial score (nSPS) is 20.6. The zero-order valence-corrected chi connectivity index (χ0v) is 16.0. The summed E-state index contributed by atoms with van der Waals surface area (Å²) < 4.78 is 33.3. The smallest absolute Gasteiger partial charge is 0.328 e. The van der Waals surface area contributed by atoms with Crippen LogP contribution in [0.4, 0.5) is 4.39 Å². The van der Waals surface area contributed by atoms with Crippen LogP contribution < -0.4 is 5.43 Å². The zero-order chi connectivity index (χ0) is 22.1. The number of aliphatic carboxylic acids is 1. The number of phenolic OH excluding ortho intramolecular Hbond substituents is 2. The first kappa shape index (κ1) is 22.2. The van der Waals surface area contributed by atoms with E-state index in [1.54, 1.807) is 6.92 Å². The molecule has 1 aliphatic heterocycles. The van der Waals surface area contributed by atoms with E-state index in [1.807, 2.05) is 5.43 Å². The van der Waals surface area contributed by atoms with Gasteiger partial charge in [0.15, 0.2) is 34.4 Å². The van der Waals surface area contributed by atoms with Crippen LogP contribution in [-0.2, 0) is 20.7 Å². The van der Waals surface area contributed by atoms with E-state index in [1.165, 1.54) is 0 Å². The molecular formula is C16H18FN3O8S. The number of nitrogens with zero attached hydrogens (tertiary/aromatic N) is 2. The van der Waals surface area contributed by atoms with Gasteiger partial charge in [0.2, 0.25) is 5.91 Å². The quantitative estimate of drug-likeness (QED) is 0.132. The minimum Gasteiger partial charge on any atom is -0.504 e. The van der Waals surface area contributed by atoms with Crippen molar-refractivity contribution >= 4 is 35.1 Å². The maximum absolute atomic E-state index is 13.8. The number of amides is 2. The Morgan fingerprint density at radius 3 is 2.55 bits per heavy atom. The van der Waals surface area contributed by atoms with Crippen molar-refractivity contribution in [2.45, 2.75) is 37.1 Å². The second-order valence-corrected chi connectivity index (χ2v) is 7.90. The zero-order valence-electron chi connectivity index (χ0n) is 15.2. The van der Waals surface area contributed by atoms with Crippen LogP contribution in [0.15, 0.2) is 17.2 Å². The highest BCUT2D eigenvalue weighted by molar-refractivity contribution is 7.81. The van der Waals surface area contributed by atoms with Gasteiger partial charge in [0, 0.05) is 18.7 Å². The van der Waals surface area contributed by atoms with Gasteiger partial charge in [-0.05, 0) is 26.0 Å². The van der Waals surface area contributed by atoms with Crippen molar-refractivity contribution in [1.82, 2.24) is 10.3 Å². The number of β-lactam (4-membered cyclic amide) rings is 1. The molecule has 0 bridgehead atoms. The lowest BCUT2D eigenvalue weighted by atomic mass is 9.92. The number of aromatic hydroxyl groups is 2. The van der Waals surface area contributed by atoms with Gasteiger partial charge in [-0.3, -0.25) is 9.59 Å². The lowest BCUT2D eigenvalue weighted by molar-refractivity contribution is -0.161. The summed E-state index contributed by atoms with van der Waals surface area (Å²) in [6, 6.07) is -0.511. The van der Waals surface area contributed by atoms with Gasteiger partial charge in [-0.1, -0.05) is 0 Å². The summed E-state index contributed by atoms with van der Waals surface area (Å²) in [7, 11) is 0. The molecule has 0 aliphatic carbocycles. The summed E-state index contributed by atoms with van der Waals surface area (Å²) in [5.74, 6) is -6.62. The molecule has 1 unspecified atom stereocenters. The second-order valence-electron chi connectivity index (χ2n) is 6.52. The average molecular weight is 431 g/mol. The van der Waals surface area contributed by atoms with Crippen molar-refractivity contribution < 1.29 is 42.9 Å². The number of likely N-dealkylation sites (tertiary alicyclic amines) is 1. The predicted molar refractivity (Wildman–Crippen MR) is 97.2 cm³/mol. The van der Waals surface area contributed by atoms with Crippen molar-refractivity contribution in [3.05, 3.63) is 23.5 Å². The second kappa shape index (κ2) is 8.13. The van der Waals surface area contributed by atoms with E-state index >= 15 is 0 Å². The molecule has 0 radical (unpaired) electrons. The van der Waals surface area contributed by atoms with E-state index in [0.717, 1.165) is 24.0 Å². The van der Waals surface area contributed by atoms with Crippen LogP contribution in [0.2, 0.25) is 0 Å². The number of hydrogen-bond donors (Lipinski definition) is 5. The molecule has 5 N–H and O–H groups in total. The Kier molecular flexibility index (Phi) is 6.23. The summed E-state index contributed by atoms with van der Waals surface area (Å²) in [6.07, 6.45) is 0.756. The van der Waals surface area contributed by atoms with Crippen LogP contribution in [0.5, 0.6) is 11.5 Å². The molecular weight excluding hydrogens is 413 g/mol. The fourth-order valence-corrected chi connectivity index (χ4v) is 3.40. The summed E-state index contributed by atoms with van der Waals surface area (Å²) in [5, 5.41) is 31.5. The molecule has 2 rings (SSSR count). The molecule has 4 atom stereocenters. The molecule has 0 saturated carbocycles. The first-order chi connectivity index (χ1) is 13.4. The summed E-state index contributed by atoms with van der Waals surface area (Å²) in [6.45, 7) is 2.62. The van der Waals surface area contributed by atoms with Crippen LogP contribution >= 0.6 is 0 Å². The Bertz CT molecular complexity index is 924. The molecule has 158 valence electrons. The summed E-state index contributed by atoms with van der Waals surface area (Å²) >= 11 is -2.83. The molecule has 13 heteroatoms. The Balaban J connectivity index is 2.29. The largest absolute Gasteiger partial charge is 0.504 e. The number of halogens is 1. The van der Waals surface area contributed by atoms with Gasteiger partial charge in [-0.15, -0.1) is 0 Å². The Morgan fingerprint density at radius 2 is 2.07 bits per heavy atom. The Morgan fingerprint density at radius 1 is 1.45 bits per heavy atom. The van der Waals surface area contributed by atoms with Gasteiger partial charge in [-0.2, -0.15) is 5.10 Å². The molecule has 1 aliphatic rings. The van der Waals surface area contributed by atoms with Gasteiger partial charge in [0.25, 0.3) is 5.91 Å². The number of nitrogens with one attached hydrogen (secondary N) is 1. The van der Waals surface area contributed by atoms with E-state index in [0.29, 0.717) is 6.21 Å². The molecule has 1 saturated heterocycles. The fraction of sp³-hybridized carbons (Fsp3) is 0.375. The van der Waals surface area contributed by atoms with Gasteiger partial charge in [0.1, 0.15) is 4.75 Å². The summed E-state index contributed by atoms with van der Waals surface area (Å²) in [5.41, 5.74) is 1.15. The monoisotopic (exact) mass is 431 g/mol. The van der Waals surface area contributed by atoms with Crippen molar-refractivity contribution in [1.29, 1.82) is 0 Å². The number of carbonyl (C=O) groups is 3. The Hall–Kier alpha value is -3.06. The molecule has 0 spiro atoms. The minimum absolute atomic E-state index is 0.0788. The topological polar surface area (TPSA) is 177 Å². The van der Waals surface area contributed by atoms with Gasteiger partial charge in [0.05, 0.1) is 5.56 Å². The lowest BCUT2D eigenvalue weighted by Crippen LogP contribution is -2.67. The van der Waals surface area contributed by atoms with Crippen molar-refractivity contribution in [3.8, 4) is 11.5 Å². The van der Waals surface area contributed by atoms with E-state index in [4.69, 9.17) is 0 Å². The van der Waals surface area contributed by atoms with Gasteiger partial charge in [-0.25, -0.2) is 18.8 Å². The summed E-state index contributed by atoms with van der Waals surface area (Å²) in [4.78, 5) is 36.5. The van der Waals surface area contributed by atoms with Crippen LogP contribution in [0.25, 0.3) is 0 Å². The SMILES string of the molecule is C[C@@H]1CC(=O)N1[C@@H](C(=O)O)[C@](C)(/C=N/NC(=O)c1ccc(O)c(O)c1F)S(=O)O. The van der Waals surface area contributed by atoms with Crippen molar-refractivity contribution in [3.63, 3.8) is 0 Å². The van der Waals surface area contributed by atoms with Crippen molar-refractivity contribution in [2.75, 3.05) is 0 Å². The van der Waals surface area contributed by atoms with E-state index in [-0.39, 0.29) is 6.42 Å². The van der Waals surface area contributed by atoms with E-state index in [2.05, 4.69) is 5.10 Å². The molecule has 2 amide bonds. The number of carboxylic acid groups (broad SMARTS) is 1. The highest BCUT2D eigenvalue weighted by atomic mass is 32.2. The van der Waals surface area contributed by atoms with Gasteiger partial charge >= 0.3 is 5.97 Å². The van der Waals surface area contributed by atoms with Crippen LogP contribution in [-0.4, -0.2) is 69.8 Å². The molecule has 11 nitrogen and oxygen atoms in total. The number of carboxylic acids is 1. The number of phenols is 2. The van der Waals surface area contributed by atoms with Crippen molar-refractivity contribution in [2.24, 2.45) is 5.10 Å². The maximum atomic E-state index is 13.8. The maximum Gasteiger partial charge on any atom is 0.328 e. The number of hydrazone groups is 1. The number of carbonyl (C=O) groups excluding carboxylic acids is 2. The van der Waals surface area contributed by atoms with E-state index < -0.39 is 68.6 Å². The van der Waals surface area contributed by atoms with Crippen LogP contribution in [0, 0.1) is 5.82 Å². The molecule has 1 aromatic rings. The third-order valence-corrected chi connectivity index (χ3v) is 5.57. The predicted octanol–water partition coefficient (Wildman–Crippen LogP) is 0.00690. The molecule has 1 fully saturated rings. The molecule has 1 heterocycles. The van der Waals surface area contributed by atoms with Crippen LogP contribution in [0.3, 0.4) is 0 Å². The molecule has 0 aromatic heterocycles. The first-order valence-electron chi connectivity index (χ1n) is 8.11. The third-order valence-electron chi connectivity index (χ3n) is 4.49.